The molecule has 4 nitrogen and oxygen atoms in total. The first-order chi connectivity index (χ1) is 12.7. The Balaban J connectivity index is 1.55. The predicted molar refractivity (Wildman–Crippen MR) is 107 cm³/mol. The van der Waals surface area contributed by atoms with Crippen LogP contribution in [0.15, 0.2) is 6.33 Å². The number of hydrogen-bond donors (Lipinski definition) is 1. The summed E-state index contributed by atoms with van der Waals surface area (Å²) in [5, 5.41) is 12.1. The fraction of sp³-hybridized carbons (Fsp3) is 0.714. The van der Waals surface area contributed by atoms with Gasteiger partial charge in [0.25, 0.3) is 0 Å². The van der Waals surface area contributed by atoms with E-state index in [0.29, 0.717) is 12.0 Å². The lowest BCUT2D eigenvalue weighted by Crippen LogP contribution is -2.44. The largest absolute Gasteiger partial charge is 0.393 e. The lowest BCUT2D eigenvalue weighted by molar-refractivity contribution is 0.0390. The molecule has 2 aromatic rings. The summed E-state index contributed by atoms with van der Waals surface area (Å²) >= 11 is 1.88. The van der Waals surface area contributed by atoms with E-state index in [1.54, 1.807) is 6.33 Å². The summed E-state index contributed by atoms with van der Waals surface area (Å²) in [4.78, 5) is 14.7. The molecule has 4 atom stereocenters. The number of fused-ring (bicyclic) bond motifs is 3. The van der Waals surface area contributed by atoms with Gasteiger partial charge in [-0.05, 0) is 69.3 Å². The average Bonchev–Trinajstić information content (AvgIpc) is 3.28. The molecule has 5 rings (SSSR count). The molecule has 1 saturated heterocycles. The van der Waals surface area contributed by atoms with Crippen molar-refractivity contribution in [3.05, 3.63) is 16.8 Å². The van der Waals surface area contributed by atoms with Crippen LogP contribution in [0.2, 0.25) is 0 Å². The van der Waals surface area contributed by atoms with Crippen LogP contribution < -0.4 is 4.90 Å². The van der Waals surface area contributed by atoms with Crippen molar-refractivity contribution in [1.82, 2.24) is 9.97 Å². The van der Waals surface area contributed by atoms with E-state index in [4.69, 9.17) is 4.98 Å². The highest BCUT2D eigenvalue weighted by molar-refractivity contribution is 7.19. The van der Waals surface area contributed by atoms with Crippen LogP contribution in [0.4, 0.5) is 5.82 Å². The molecule has 140 valence electrons. The summed E-state index contributed by atoms with van der Waals surface area (Å²) in [6, 6.07) is 0.435. The fourth-order valence-corrected chi connectivity index (χ4v) is 6.84. The number of anilines is 1. The standard InChI is InChI=1S/C21H29N3OS/c1-13-8-9-17(25)15(11-13)16-6-4-10-24(16)20-19-14-5-2-3-7-18(14)26-21(19)23-12-22-20/h12-13,15-17,25H,2-11H2,1H3/t13-,15-,16+,17+/m1/s1. The maximum absolute atomic E-state index is 10.7. The summed E-state index contributed by atoms with van der Waals surface area (Å²) in [5.41, 5.74) is 1.52. The van der Waals surface area contributed by atoms with Crippen LogP contribution in [0, 0.1) is 11.8 Å². The van der Waals surface area contributed by atoms with Crippen molar-refractivity contribution in [3.8, 4) is 0 Å². The molecule has 0 radical (unpaired) electrons. The van der Waals surface area contributed by atoms with E-state index in [-0.39, 0.29) is 6.10 Å². The molecule has 2 aromatic heterocycles. The molecule has 5 heteroatoms. The topological polar surface area (TPSA) is 49.2 Å². The quantitative estimate of drug-likeness (QED) is 0.853. The predicted octanol–water partition coefficient (Wildman–Crippen LogP) is 4.34. The SMILES string of the molecule is C[C@@H]1CC[C@H](O)[C@@H]([C@@H]2CCCN2c2ncnc3sc4c(c23)CCCC4)C1. The highest BCUT2D eigenvalue weighted by Crippen LogP contribution is 2.43. The lowest BCUT2D eigenvalue weighted by Gasteiger charge is -2.40. The minimum absolute atomic E-state index is 0.148. The number of nitrogens with zero attached hydrogens (tertiary/aromatic N) is 3. The van der Waals surface area contributed by atoms with E-state index in [0.717, 1.165) is 31.1 Å². The van der Waals surface area contributed by atoms with Gasteiger partial charge in [0.2, 0.25) is 0 Å². The van der Waals surface area contributed by atoms with Gasteiger partial charge in [0.1, 0.15) is 17.0 Å². The van der Waals surface area contributed by atoms with Crippen molar-refractivity contribution in [2.24, 2.45) is 11.8 Å². The van der Waals surface area contributed by atoms with Crippen molar-refractivity contribution >= 4 is 27.4 Å². The third-order valence-corrected chi connectivity index (χ3v) is 8.12. The molecule has 0 aromatic carbocycles. The molecule has 0 bridgehead atoms. The van der Waals surface area contributed by atoms with Crippen molar-refractivity contribution in [2.75, 3.05) is 11.4 Å². The zero-order valence-corrected chi connectivity index (χ0v) is 16.5. The van der Waals surface area contributed by atoms with Crippen LogP contribution in [0.25, 0.3) is 10.2 Å². The lowest BCUT2D eigenvalue weighted by atomic mass is 9.76. The van der Waals surface area contributed by atoms with Gasteiger partial charge < -0.3 is 10.0 Å². The molecule has 2 fully saturated rings. The second kappa shape index (κ2) is 6.75. The second-order valence-corrected chi connectivity index (χ2v) is 9.72. The van der Waals surface area contributed by atoms with E-state index in [9.17, 15) is 5.11 Å². The maximum Gasteiger partial charge on any atom is 0.141 e. The smallest absolute Gasteiger partial charge is 0.141 e. The van der Waals surface area contributed by atoms with Crippen molar-refractivity contribution in [3.63, 3.8) is 0 Å². The van der Waals surface area contributed by atoms with Gasteiger partial charge in [-0.1, -0.05) is 6.92 Å². The Morgan fingerprint density at radius 3 is 2.92 bits per heavy atom. The minimum Gasteiger partial charge on any atom is -0.393 e. The van der Waals surface area contributed by atoms with E-state index in [1.165, 1.54) is 65.6 Å². The normalized spacial score (nSPS) is 32.2. The van der Waals surface area contributed by atoms with E-state index in [2.05, 4.69) is 16.8 Å². The van der Waals surface area contributed by atoms with Crippen molar-refractivity contribution < 1.29 is 5.11 Å². The Labute approximate surface area is 159 Å². The van der Waals surface area contributed by atoms with Gasteiger partial charge in [-0.2, -0.15) is 0 Å². The Bertz CT molecular complexity index is 804. The number of thiophene rings is 1. The Kier molecular flexibility index (Phi) is 4.40. The average molecular weight is 372 g/mol. The Hall–Kier alpha value is -1.20. The number of rotatable bonds is 2. The highest BCUT2D eigenvalue weighted by Gasteiger charge is 2.40. The summed E-state index contributed by atoms with van der Waals surface area (Å²) in [7, 11) is 0. The first-order valence-corrected chi connectivity index (χ1v) is 11.2. The minimum atomic E-state index is -0.148. The third-order valence-electron chi connectivity index (χ3n) is 6.92. The van der Waals surface area contributed by atoms with Gasteiger partial charge in [0, 0.05) is 23.4 Å². The molecule has 0 amide bonds. The summed E-state index contributed by atoms with van der Waals surface area (Å²) in [6.45, 7) is 3.41. The second-order valence-electron chi connectivity index (χ2n) is 8.64. The number of aryl methyl sites for hydroxylation is 2. The van der Waals surface area contributed by atoms with Crippen LogP contribution in [-0.2, 0) is 12.8 Å². The number of aliphatic hydroxyl groups is 1. The number of aromatic nitrogens is 2. The zero-order chi connectivity index (χ0) is 17.7. The van der Waals surface area contributed by atoms with E-state index < -0.39 is 0 Å². The molecule has 1 aliphatic heterocycles. The first-order valence-electron chi connectivity index (χ1n) is 10.4. The molecule has 1 N–H and O–H groups in total. The Morgan fingerprint density at radius 2 is 2.00 bits per heavy atom. The molecular formula is C21H29N3OS. The van der Waals surface area contributed by atoms with E-state index in [1.807, 2.05) is 11.3 Å². The van der Waals surface area contributed by atoms with Crippen LogP contribution in [-0.4, -0.2) is 33.8 Å². The molecule has 26 heavy (non-hydrogen) atoms. The molecule has 3 heterocycles. The van der Waals surface area contributed by atoms with Crippen molar-refractivity contribution in [1.29, 1.82) is 0 Å². The monoisotopic (exact) mass is 371 g/mol. The third kappa shape index (κ3) is 2.75. The molecule has 0 unspecified atom stereocenters. The number of aliphatic hydroxyl groups excluding tert-OH is 1. The van der Waals surface area contributed by atoms with Crippen LogP contribution in [0.5, 0.6) is 0 Å². The molecular weight excluding hydrogens is 342 g/mol. The zero-order valence-electron chi connectivity index (χ0n) is 15.7. The molecule has 1 saturated carbocycles. The summed E-state index contributed by atoms with van der Waals surface area (Å²) in [6.07, 6.45) is 12.3. The first kappa shape index (κ1) is 16.9. The summed E-state index contributed by atoms with van der Waals surface area (Å²) < 4.78 is 0. The summed E-state index contributed by atoms with van der Waals surface area (Å²) in [5.74, 6) is 2.27. The molecule has 2 aliphatic carbocycles. The molecule has 0 spiro atoms. The Morgan fingerprint density at radius 1 is 1.12 bits per heavy atom. The van der Waals surface area contributed by atoms with Crippen LogP contribution in [0.3, 0.4) is 0 Å². The van der Waals surface area contributed by atoms with Gasteiger partial charge in [-0.3, -0.25) is 0 Å². The fourth-order valence-electron chi connectivity index (χ4n) is 5.61. The maximum atomic E-state index is 10.7. The van der Waals surface area contributed by atoms with E-state index >= 15 is 0 Å². The van der Waals surface area contributed by atoms with Gasteiger partial charge >= 0.3 is 0 Å². The van der Waals surface area contributed by atoms with Crippen LogP contribution in [0.1, 0.15) is 62.3 Å². The van der Waals surface area contributed by atoms with Gasteiger partial charge in [-0.25, -0.2) is 9.97 Å². The molecule has 3 aliphatic rings. The van der Waals surface area contributed by atoms with Crippen LogP contribution >= 0.6 is 11.3 Å². The van der Waals surface area contributed by atoms with Gasteiger partial charge in [0.15, 0.2) is 0 Å². The van der Waals surface area contributed by atoms with Gasteiger partial charge in [-0.15, -0.1) is 11.3 Å². The van der Waals surface area contributed by atoms with Crippen molar-refractivity contribution in [2.45, 2.75) is 76.9 Å². The number of hydrogen-bond acceptors (Lipinski definition) is 5. The highest BCUT2D eigenvalue weighted by atomic mass is 32.1. The van der Waals surface area contributed by atoms with Gasteiger partial charge in [0.05, 0.1) is 11.5 Å².